The molecule has 0 bridgehead atoms. The van der Waals surface area contributed by atoms with Crippen molar-refractivity contribution in [1.82, 2.24) is 10.3 Å². The Labute approximate surface area is 181 Å². The van der Waals surface area contributed by atoms with E-state index in [0.717, 1.165) is 5.56 Å². The second-order valence-electron chi connectivity index (χ2n) is 6.69. The number of carbonyl (C=O) groups is 3. The van der Waals surface area contributed by atoms with Crippen LogP contribution in [0.15, 0.2) is 18.2 Å². The van der Waals surface area contributed by atoms with Gasteiger partial charge in [-0.1, -0.05) is 13.0 Å². The number of rotatable bonds is 10. The molecule has 1 heterocycles. The summed E-state index contributed by atoms with van der Waals surface area (Å²) in [5.74, 6) is -0.431. The lowest BCUT2D eigenvalue weighted by Crippen LogP contribution is -2.30. The third-order valence-electron chi connectivity index (χ3n) is 4.79. The summed E-state index contributed by atoms with van der Waals surface area (Å²) in [4.78, 5) is 39.3. The highest BCUT2D eigenvalue weighted by Gasteiger charge is 2.24. The Morgan fingerprint density at radius 2 is 1.74 bits per heavy atom. The van der Waals surface area contributed by atoms with Gasteiger partial charge < -0.3 is 29.2 Å². The van der Waals surface area contributed by atoms with E-state index in [1.165, 1.54) is 7.11 Å². The lowest BCUT2D eigenvalue weighted by Gasteiger charge is -2.10. The minimum atomic E-state index is -0.711. The second-order valence-corrected chi connectivity index (χ2v) is 6.69. The van der Waals surface area contributed by atoms with Crippen LogP contribution in [0.25, 0.3) is 0 Å². The first-order chi connectivity index (χ1) is 14.9. The van der Waals surface area contributed by atoms with Crippen LogP contribution in [0.5, 0.6) is 11.5 Å². The van der Waals surface area contributed by atoms with Gasteiger partial charge in [0.05, 0.1) is 26.9 Å². The monoisotopic (exact) mass is 432 g/mol. The molecule has 0 aliphatic carbocycles. The molecule has 0 unspecified atom stereocenters. The standard InChI is InChI=1S/C22H28N2O7/c1-6-15-19(21(26)30-5)13(2)20(24-15)22(27)31-12-18(25)23-10-9-14-7-8-16(28-3)17(11-14)29-4/h7-8,11,24H,6,9-10,12H2,1-5H3,(H,23,25). The first-order valence-corrected chi connectivity index (χ1v) is 9.80. The maximum absolute atomic E-state index is 12.4. The van der Waals surface area contributed by atoms with E-state index in [1.54, 1.807) is 27.2 Å². The fourth-order valence-electron chi connectivity index (χ4n) is 3.14. The molecule has 1 amide bonds. The van der Waals surface area contributed by atoms with Crippen molar-refractivity contribution in [2.75, 3.05) is 34.5 Å². The zero-order chi connectivity index (χ0) is 23.0. The zero-order valence-corrected chi connectivity index (χ0v) is 18.4. The first-order valence-electron chi connectivity index (χ1n) is 9.80. The Morgan fingerprint density at radius 3 is 2.35 bits per heavy atom. The van der Waals surface area contributed by atoms with E-state index < -0.39 is 24.5 Å². The topological polar surface area (TPSA) is 116 Å². The largest absolute Gasteiger partial charge is 0.493 e. The van der Waals surface area contributed by atoms with Crippen LogP contribution >= 0.6 is 0 Å². The molecule has 0 fully saturated rings. The van der Waals surface area contributed by atoms with Gasteiger partial charge >= 0.3 is 11.9 Å². The molecule has 0 aliphatic rings. The number of benzene rings is 1. The molecule has 9 nitrogen and oxygen atoms in total. The molecule has 1 aromatic heterocycles. The van der Waals surface area contributed by atoms with E-state index in [9.17, 15) is 14.4 Å². The Bertz CT molecular complexity index is 950. The molecule has 168 valence electrons. The fraction of sp³-hybridized carbons (Fsp3) is 0.409. The number of H-pyrrole nitrogens is 1. The van der Waals surface area contributed by atoms with Gasteiger partial charge in [-0.05, 0) is 43.0 Å². The van der Waals surface area contributed by atoms with E-state index in [2.05, 4.69) is 10.3 Å². The van der Waals surface area contributed by atoms with E-state index in [-0.39, 0.29) is 5.69 Å². The summed E-state index contributed by atoms with van der Waals surface area (Å²) in [5.41, 5.74) is 2.42. The average Bonchev–Trinajstić information content (AvgIpc) is 3.13. The molecule has 2 rings (SSSR count). The number of aryl methyl sites for hydroxylation is 1. The minimum absolute atomic E-state index is 0.135. The molecule has 9 heteroatoms. The summed E-state index contributed by atoms with van der Waals surface area (Å²) >= 11 is 0. The SMILES string of the molecule is CCc1[nH]c(C(=O)OCC(=O)NCCc2ccc(OC)c(OC)c2)c(C)c1C(=O)OC. The predicted molar refractivity (Wildman–Crippen MR) is 113 cm³/mol. The summed E-state index contributed by atoms with van der Waals surface area (Å²) < 4.78 is 20.3. The third-order valence-corrected chi connectivity index (χ3v) is 4.79. The molecule has 0 saturated heterocycles. The molecule has 0 radical (unpaired) electrons. The van der Waals surface area contributed by atoms with Crippen LogP contribution in [-0.4, -0.2) is 57.3 Å². The Balaban J connectivity index is 1.88. The Kier molecular flexibility index (Phi) is 8.48. The predicted octanol–water partition coefficient (Wildman–Crippen LogP) is 2.21. The summed E-state index contributed by atoms with van der Waals surface area (Å²) in [6, 6.07) is 5.51. The van der Waals surface area contributed by atoms with Gasteiger partial charge in [-0.3, -0.25) is 4.79 Å². The van der Waals surface area contributed by atoms with Gasteiger partial charge in [0.2, 0.25) is 0 Å². The number of carbonyl (C=O) groups excluding carboxylic acids is 3. The van der Waals surface area contributed by atoms with Crippen LogP contribution < -0.4 is 14.8 Å². The number of hydrogen-bond acceptors (Lipinski definition) is 7. The first kappa shape index (κ1) is 23.8. The number of methoxy groups -OCH3 is 3. The molecule has 1 aromatic carbocycles. The highest BCUT2D eigenvalue weighted by Crippen LogP contribution is 2.27. The van der Waals surface area contributed by atoms with Gasteiger partial charge in [-0.25, -0.2) is 9.59 Å². The van der Waals surface area contributed by atoms with Crippen LogP contribution in [0.4, 0.5) is 0 Å². The summed E-state index contributed by atoms with van der Waals surface area (Å²) in [7, 11) is 4.40. The van der Waals surface area contributed by atoms with Gasteiger partial charge in [0, 0.05) is 12.2 Å². The number of hydrogen-bond donors (Lipinski definition) is 2. The number of aromatic amines is 1. The van der Waals surface area contributed by atoms with Crippen LogP contribution in [0, 0.1) is 6.92 Å². The lowest BCUT2D eigenvalue weighted by atomic mass is 10.1. The molecular weight excluding hydrogens is 404 g/mol. The van der Waals surface area contributed by atoms with Gasteiger partial charge in [0.1, 0.15) is 5.69 Å². The molecule has 2 aromatic rings. The number of esters is 2. The zero-order valence-electron chi connectivity index (χ0n) is 18.4. The van der Waals surface area contributed by atoms with Crippen LogP contribution in [-0.2, 0) is 27.1 Å². The quantitative estimate of drug-likeness (QED) is 0.553. The lowest BCUT2D eigenvalue weighted by molar-refractivity contribution is -0.124. The highest BCUT2D eigenvalue weighted by atomic mass is 16.5. The summed E-state index contributed by atoms with van der Waals surface area (Å²) in [6.45, 7) is 3.40. The van der Waals surface area contributed by atoms with Crippen molar-refractivity contribution < 1.29 is 33.3 Å². The maximum atomic E-state index is 12.4. The molecule has 31 heavy (non-hydrogen) atoms. The number of ether oxygens (including phenoxy) is 4. The van der Waals surface area contributed by atoms with Crippen molar-refractivity contribution in [1.29, 1.82) is 0 Å². The van der Waals surface area contributed by atoms with Crippen molar-refractivity contribution in [3.63, 3.8) is 0 Å². The number of aromatic nitrogens is 1. The minimum Gasteiger partial charge on any atom is -0.493 e. The normalized spacial score (nSPS) is 10.4. The average molecular weight is 432 g/mol. The third kappa shape index (κ3) is 5.78. The smallest absolute Gasteiger partial charge is 0.355 e. The van der Waals surface area contributed by atoms with Crippen LogP contribution in [0.1, 0.15) is 44.6 Å². The summed E-state index contributed by atoms with van der Waals surface area (Å²) in [6.07, 6.45) is 1.08. The van der Waals surface area contributed by atoms with E-state index in [1.807, 2.05) is 19.1 Å². The molecule has 0 aliphatic heterocycles. The van der Waals surface area contributed by atoms with Crippen molar-refractivity contribution in [3.05, 3.63) is 46.3 Å². The van der Waals surface area contributed by atoms with Gasteiger partial charge in [0.15, 0.2) is 18.1 Å². The number of nitrogens with one attached hydrogen (secondary N) is 2. The van der Waals surface area contributed by atoms with Gasteiger partial charge in [0.25, 0.3) is 5.91 Å². The fourth-order valence-corrected chi connectivity index (χ4v) is 3.14. The number of amides is 1. The molecular formula is C22H28N2O7. The molecule has 0 saturated carbocycles. The molecule has 2 N–H and O–H groups in total. The van der Waals surface area contributed by atoms with Crippen molar-refractivity contribution in [3.8, 4) is 11.5 Å². The van der Waals surface area contributed by atoms with Crippen molar-refractivity contribution >= 4 is 17.8 Å². The van der Waals surface area contributed by atoms with Crippen LogP contribution in [0.3, 0.4) is 0 Å². The van der Waals surface area contributed by atoms with Gasteiger partial charge in [-0.2, -0.15) is 0 Å². The molecule has 0 atom stereocenters. The van der Waals surface area contributed by atoms with Crippen molar-refractivity contribution in [2.45, 2.75) is 26.7 Å². The maximum Gasteiger partial charge on any atom is 0.355 e. The second kappa shape index (κ2) is 11.1. The van der Waals surface area contributed by atoms with E-state index >= 15 is 0 Å². The van der Waals surface area contributed by atoms with Crippen molar-refractivity contribution in [2.24, 2.45) is 0 Å². The molecule has 0 spiro atoms. The van der Waals surface area contributed by atoms with Crippen LogP contribution in [0.2, 0.25) is 0 Å². The summed E-state index contributed by atoms with van der Waals surface area (Å²) in [5, 5.41) is 2.70. The van der Waals surface area contributed by atoms with E-state index in [0.29, 0.717) is 47.7 Å². The Morgan fingerprint density at radius 1 is 1.03 bits per heavy atom. The Hall–Kier alpha value is -3.49. The van der Waals surface area contributed by atoms with Gasteiger partial charge in [-0.15, -0.1) is 0 Å². The highest BCUT2D eigenvalue weighted by molar-refractivity contribution is 5.99. The van der Waals surface area contributed by atoms with E-state index in [4.69, 9.17) is 18.9 Å².